The number of alkyl halides is 3. The number of rotatable bonds is 5. The minimum absolute atomic E-state index is 0.0718. The summed E-state index contributed by atoms with van der Waals surface area (Å²) < 4.78 is 91.0. The van der Waals surface area contributed by atoms with E-state index in [2.05, 4.69) is 4.98 Å². The van der Waals surface area contributed by atoms with Gasteiger partial charge in [0.05, 0.1) is 28.2 Å². The van der Waals surface area contributed by atoms with Crippen molar-refractivity contribution in [2.75, 3.05) is 19.7 Å². The third kappa shape index (κ3) is 4.57. The van der Waals surface area contributed by atoms with Gasteiger partial charge in [0, 0.05) is 19.3 Å². The van der Waals surface area contributed by atoms with Crippen LogP contribution in [0.3, 0.4) is 0 Å². The second-order valence-corrected chi connectivity index (χ2v) is 11.7. The number of hydrogen-bond acceptors (Lipinski definition) is 8. The number of sulfonamides is 1. The maximum Gasteiger partial charge on any atom is 0.433 e. The van der Waals surface area contributed by atoms with Crippen LogP contribution in [0.5, 0.6) is 0 Å². The summed E-state index contributed by atoms with van der Waals surface area (Å²) in [5.74, 6) is 0. The standard InChI is InChI=1S/C18H15ClF3N3O6S2/c19-13-5-11(6-23)1-3-14(13)33(30,31)25-8-16(17(27,9-25)10-26)32(28,29)12-2-4-15(24-7-12)18(20,21)22/h1-5,7,16,26-27H,8-10H2/t16-,17+/m0/s1. The number of pyridine rings is 1. The van der Waals surface area contributed by atoms with Crippen molar-refractivity contribution in [2.45, 2.75) is 26.8 Å². The van der Waals surface area contributed by atoms with Crippen LogP contribution in [0.4, 0.5) is 13.2 Å². The second-order valence-electron chi connectivity index (χ2n) is 7.23. The van der Waals surface area contributed by atoms with Crippen molar-refractivity contribution in [2.24, 2.45) is 0 Å². The highest BCUT2D eigenvalue weighted by Gasteiger charge is 2.55. The van der Waals surface area contributed by atoms with Gasteiger partial charge >= 0.3 is 6.18 Å². The van der Waals surface area contributed by atoms with Gasteiger partial charge in [-0.05, 0) is 30.3 Å². The van der Waals surface area contributed by atoms with Gasteiger partial charge in [0.2, 0.25) is 10.0 Å². The molecule has 0 spiro atoms. The Hall–Kier alpha value is -2.28. The SMILES string of the molecule is N#Cc1ccc(S(=O)(=O)N2C[C@H](S(=O)(=O)c3ccc(C(F)(F)F)nc3)[C@](O)(CO)C2)c(Cl)c1. The Labute approximate surface area is 191 Å². The number of benzene rings is 1. The molecule has 1 saturated heterocycles. The summed E-state index contributed by atoms with van der Waals surface area (Å²) in [7, 11) is -9.12. The van der Waals surface area contributed by atoms with Crippen molar-refractivity contribution in [3.63, 3.8) is 0 Å². The molecule has 3 rings (SSSR count). The zero-order valence-electron chi connectivity index (χ0n) is 16.4. The number of halogens is 4. The minimum Gasteiger partial charge on any atom is -0.393 e. The molecular formula is C18H15ClF3N3O6S2. The van der Waals surface area contributed by atoms with Crippen LogP contribution in [0.25, 0.3) is 0 Å². The molecule has 0 amide bonds. The maximum absolute atomic E-state index is 13.1. The molecule has 0 saturated carbocycles. The molecule has 1 aromatic carbocycles. The van der Waals surface area contributed by atoms with Gasteiger partial charge < -0.3 is 10.2 Å². The minimum atomic E-state index is -4.81. The molecule has 1 fully saturated rings. The van der Waals surface area contributed by atoms with Crippen molar-refractivity contribution in [3.05, 3.63) is 52.8 Å². The van der Waals surface area contributed by atoms with Gasteiger partial charge in [-0.25, -0.2) is 16.8 Å². The molecular weight excluding hydrogens is 511 g/mol. The molecule has 0 aliphatic carbocycles. The predicted octanol–water partition coefficient (Wildman–Crippen LogP) is 1.20. The first-order chi connectivity index (χ1) is 15.2. The summed E-state index contributed by atoms with van der Waals surface area (Å²) in [6.45, 7) is -2.81. The van der Waals surface area contributed by atoms with E-state index >= 15 is 0 Å². The highest BCUT2D eigenvalue weighted by Crippen LogP contribution is 2.36. The number of aromatic nitrogens is 1. The number of β-amino-alcohol motifs (C(OH)–C–C–N with tert-alkyl or cyclic N) is 1. The van der Waals surface area contributed by atoms with E-state index in [0.29, 0.717) is 22.6 Å². The summed E-state index contributed by atoms with van der Waals surface area (Å²) in [5, 5.41) is 27.1. The Morgan fingerprint density at radius 2 is 1.91 bits per heavy atom. The molecule has 9 nitrogen and oxygen atoms in total. The molecule has 2 atom stereocenters. The quantitative estimate of drug-likeness (QED) is 0.591. The van der Waals surface area contributed by atoms with Crippen molar-refractivity contribution >= 4 is 31.5 Å². The molecule has 0 radical (unpaired) electrons. The lowest BCUT2D eigenvalue weighted by molar-refractivity contribution is -0.141. The van der Waals surface area contributed by atoms with E-state index in [9.17, 15) is 40.2 Å². The largest absolute Gasteiger partial charge is 0.433 e. The maximum atomic E-state index is 13.1. The number of nitrogens with zero attached hydrogens (tertiary/aromatic N) is 3. The first kappa shape index (κ1) is 25.3. The zero-order chi connectivity index (χ0) is 24.8. The fourth-order valence-electron chi connectivity index (χ4n) is 3.35. The van der Waals surface area contributed by atoms with Crippen LogP contribution in [0.2, 0.25) is 5.02 Å². The van der Waals surface area contributed by atoms with Crippen molar-refractivity contribution in [1.29, 1.82) is 5.26 Å². The predicted molar refractivity (Wildman–Crippen MR) is 107 cm³/mol. The smallest absolute Gasteiger partial charge is 0.393 e. The normalized spacial score (nSPS) is 22.3. The Morgan fingerprint density at radius 1 is 1.24 bits per heavy atom. The number of sulfone groups is 1. The summed E-state index contributed by atoms with van der Waals surface area (Å²) in [6, 6.07) is 6.15. The lowest BCUT2D eigenvalue weighted by Gasteiger charge is -2.26. The van der Waals surface area contributed by atoms with E-state index in [0.717, 1.165) is 12.1 Å². The number of aliphatic hydroxyl groups excluding tert-OH is 1. The Bertz CT molecular complexity index is 1330. The third-order valence-corrected chi connectivity index (χ3v) is 9.63. The lowest BCUT2D eigenvalue weighted by atomic mass is 10.1. The first-order valence-corrected chi connectivity index (χ1v) is 12.3. The van der Waals surface area contributed by atoms with Crippen LogP contribution in [-0.4, -0.2) is 66.9 Å². The molecule has 1 aromatic heterocycles. The summed E-state index contributed by atoms with van der Waals surface area (Å²) in [5.41, 5.74) is -3.74. The molecule has 0 unspecified atom stereocenters. The van der Waals surface area contributed by atoms with Crippen molar-refractivity contribution in [3.8, 4) is 6.07 Å². The summed E-state index contributed by atoms with van der Waals surface area (Å²) in [4.78, 5) is 1.93. The summed E-state index contributed by atoms with van der Waals surface area (Å²) >= 11 is 5.96. The van der Waals surface area contributed by atoms with Gasteiger partial charge in [0.25, 0.3) is 0 Å². The zero-order valence-corrected chi connectivity index (χ0v) is 18.7. The van der Waals surface area contributed by atoms with Gasteiger partial charge in [0.1, 0.15) is 21.4 Å². The molecule has 1 aliphatic heterocycles. The highest BCUT2D eigenvalue weighted by molar-refractivity contribution is 7.92. The van der Waals surface area contributed by atoms with Gasteiger partial charge in [-0.2, -0.15) is 22.7 Å². The highest BCUT2D eigenvalue weighted by atomic mass is 35.5. The lowest BCUT2D eigenvalue weighted by Crippen LogP contribution is -2.49. The van der Waals surface area contributed by atoms with Crippen LogP contribution in [-0.2, 0) is 26.0 Å². The van der Waals surface area contributed by atoms with E-state index in [1.807, 2.05) is 0 Å². The average Bonchev–Trinajstić information content (AvgIpc) is 3.12. The number of nitriles is 1. The van der Waals surface area contributed by atoms with E-state index in [1.54, 1.807) is 6.07 Å². The molecule has 15 heteroatoms. The molecule has 178 valence electrons. The van der Waals surface area contributed by atoms with Gasteiger partial charge in [0.15, 0.2) is 9.84 Å². The molecule has 1 aliphatic rings. The first-order valence-electron chi connectivity index (χ1n) is 8.97. The Balaban J connectivity index is 2.00. The van der Waals surface area contributed by atoms with Crippen LogP contribution < -0.4 is 0 Å². The average molecular weight is 526 g/mol. The van der Waals surface area contributed by atoms with E-state index in [1.165, 1.54) is 6.07 Å². The van der Waals surface area contributed by atoms with Crippen LogP contribution in [0, 0.1) is 11.3 Å². The van der Waals surface area contributed by atoms with E-state index in [-0.39, 0.29) is 10.6 Å². The fraction of sp³-hybridized carbons (Fsp3) is 0.333. The molecule has 0 bridgehead atoms. The monoisotopic (exact) mass is 525 g/mol. The number of aliphatic hydroxyl groups is 2. The van der Waals surface area contributed by atoms with E-state index in [4.69, 9.17) is 16.9 Å². The van der Waals surface area contributed by atoms with Crippen LogP contribution in [0.1, 0.15) is 11.3 Å². The van der Waals surface area contributed by atoms with Gasteiger partial charge in [-0.1, -0.05) is 11.6 Å². The molecule has 2 heterocycles. The van der Waals surface area contributed by atoms with Crippen molar-refractivity contribution in [1.82, 2.24) is 9.29 Å². The van der Waals surface area contributed by atoms with Crippen molar-refractivity contribution < 1.29 is 40.2 Å². The van der Waals surface area contributed by atoms with Gasteiger partial charge in [-0.3, -0.25) is 4.98 Å². The third-order valence-electron chi connectivity index (χ3n) is 5.10. The van der Waals surface area contributed by atoms with Crippen LogP contribution in [0.15, 0.2) is 46.3 Å². The molecule has 33 heavy (non-hydrogen) atoms. The second kappa shape index (κ2) is 8.49. The Morgan fingerprint density at radius 3 is 2.39 bits per heavy atom. The van der Waals surface area contributed by atoms with E-state index < -0.39 is 72.1 Å². The van der Waals surface area contributed by atoms with Gasteiger partial charge in [-0.15, -0.1) is 0 Å². The summed E-state index contributed by atoms with van der Waals surface area (Å²) in [6.07, 6.45) is -4.36. The topological polar surface area (TPSA) is 149 Å². The fourth-order valence-corrected chi connectivity index (χ4v) is 7.37. The number of hydrogen-bond donors (Lipinski definition) is 2. The van der Waals surface area contributed by atoms with Crippen LogP contribution >= 0.6 is 11.6 Å². The molecule has 2 aromatic rings. The molecule has 2 N–H and O–H groups in total. The Kier molecular flexibility index (Phi) is 6.52.